The van der Waals surface area contributed by atoms with Gasteiger partial charge in [0.2, 0.25) is 0 Å². The topological polar surface area (TPSA) is 21.1 Å². The molecule has 1 atom stereocenters. The molecule has 0 spiro atoms. The number of anilines is 1. The highest BCUT2D eigenvalue weighted by molar-refractivity contribution is 5.93. The lowest BCUT2D eigenvalue weighted by Crippen LogP contribution is -2.35. The van der Waals surface area contributed by atoms with Crippen LogP contribution in [0, 0.1) is 19.8 Å². The summed E-state index contributed by atoms with van der Waals surface area (Å²) in [5.41, 5.74) is 5.68. The van der Waals surface area contributed by atoms with E-state index in [0.717, 1.165) is 25.6 Å². The molecule has 3 heterocycles. The minimum atomic E-state index is 0. The fraction of sp³-hybridized carbons (Fsp3) is 0.458. The Morgan fingerprint density at radius 2 is 1.82 bits per heavy atom. The number of pyridine rings is 1. The van der Waals surface area contributed by atoms with Gasteiger partial charge < -0.3 is 9.47 Å². The molecule has 3 aromatic rings. The minimum absolute atomic E-state index is 0. The van der Waals surface area contributed by atoms with Crippen molar-refractivity contribution in [1.82, 2.24) is 9.55 Å². The van der Waals surface area contributed by atoms with Crippen LogP contribution in [0.4, 0.5) is 5.82 Å². The summed E-state index contributed by atoms with van der Waals surface area (Å²) < 4.78 is 2.57. The first-order chi connectivity index (χ1) is 13.2. The summed E-state index contributed by atoms with van der Waals surface area (Å²) in [5, 5.41) is 1.39. The first-order valence-electron chi connectivity index (χ1n) is 10.5. The van der Waals surface area contributed by atoms with E-state index in [1.54, 1.807) is 0 Å². The standard InChI is InChI=1S/C24H29N3.ClH/c1-17-18(2)27(15-19-10-11-19)23-22(17)12-13-25-24(23)26-14-6-9-21(16-26)20-7-4-3-5-8-20;/h3-5,7-8,12-13,19,21H,6,9-11,14-16H2,1-2H3;1H. The van der Waals surface area contributed by atoms with Crippen molar-refractivity contribution in [2.24, 2.45) is 5.92 Å². The summed E-state index contributed by atoms with van der Waals surface area (Å²) in [4.78, 5) is 7.45. The molecule has 1 aliphatic heterocycles. The van der Waals surface area contributed by atoms with Gasteiger partial charge in [-0.15, -0.1) is 12.4 Å². The zero-order chi connectivity index (χ0) is 18.4. The zero-order valence-electron chi connectivity index (χ0n) is 16.9. The predicted molar refractivity (Wildman–Crippen MR) is 120 cm³/mol. The number of hydrogen-bond donors (Lipinski definition) is 0. The van der Waals surface area contributed by atoms with Gasteiger partial charge in [-0.25, -0.2) is 4.98 Å². The highest BCUT2D eigenvalue weighted by Gasteiger charge is 2.28. The maximum absolute atomic E-state index is 4.91. The number of rotatable bonds is 4. The molecule has 0 N–H and O–H groups in total. The van der Waals surface area contributed by atoms with E-state index in [9.17, 15) is 0 Å². The highest BCUT2D eigenvalue weighted by atomic mass is 35.5. The molecule has 28 heavy (non-hydrogen) atoms. The van der Waals surface area contributed by atoms with Crippen LogP contribution in [0.15, 0.2) is 42.6 Å². The van der Waals surface area contributed by atoms with E-state index in [2.05, 4.69) is 59.7 Å². The average Bonchev–Trinajstić information content (AvgIpc) is 3.51. The molecule has 1 aliphatic carbocycles. The molecule has 1 unspecified atom stereocenters. The molecule has 2 fully saturated rings. The van der Waals surface area contributed by atoms with E-state index >= 15 is 0 Å². The van der Waals surface area contributed by atoms with Crippen molar-refractivity contribution < 1.29 is 0 Å². The quantitative estimate of drug-likeness (QED) is 0.550. The normalized spacial score (nSPS) is 19.6. The van der Waals surface area contributed by atoms with Crippen LogP contribution >= 0.6 is 12.4 Å². The highest BCUT2D eigenvalue weighted by Crippen LogP contribution is 2.38. The van der Waals surface area contributed by atoms with Gasteiger partial charge in [0.25, 0.3) is 0 Å². The van der Waals surface area contributed by atoms with Crippen molar-refractivity contribution in [2.45, 2.75) is 52.0 Å². The Hall–Kier alpha value is -2.00. The maximum Gasteiger partial charge on any atom is 0.153 e. The molecule has 0 bridgehead atoms. The van der Waals surface area contributed by atoms with Crippen molar-refractivity contribution in [1.29, 1.82) is 0 Å². The van der Waals surface area contributed by atoms with E-state index in [-0.39, 0.29) is 12.4 Å². The molecule has 5 rings (SSSR count). The SMILES string of the molecule is Cc1c(C)n(CC2CC2)c2c(N3CCCC(c4ccccc4)C3)nccc12.Cl. The average molecular weight is 396 g/mol. The lowest BCUT2D eigenvalue weighted by Gasteiger charge is -2.34. The number of piperidine rings is 1. The molecule has 0 amide bonds. The second kappa shape index (κ2) is 7.79. The Kier molecular flexibility index (Phi) is 5.37. The number of benzene rings is 1. The van der Waals surface area contributed by atoms with E-state index in [1.165, 1.54) is 59.2 Å². The van der Waals surface area contributed by atoms with Crippen LogP contribution in [0.5, 0.6) is 0 Å². The Balaban J connectivity index is 0.00000192. The fourth-order valence-corrected chi connectivity index (χ4v) is 4.76. The van der Waals surface area contributed by atoms with Crippen LogP contribution in [0.25, 0.3) is 10.9 Å². The zero-order valence-corrected chi connectivity index (χ0v) is 17.7. The molecule has 3 nitrogen and oxygen atoms in total. The van der Waals surface area contributed by atoms with Gasteiger partial charge in [0.15, 0.2) is 5.82 Å². The van der Waals surface area contributed by atoms with Gasteiger partial charge in [0.05, 0.1) is 5.52 Å². The fourth-order valence-electron chi connectivity index (χ4n) is 4.76. The second-order valence-electron chi connectivity index (χ2n) is 8.49. The number of aryl methyl sites for hydroxylation is 1. The van der Waals surface area contributed by atoms with Crippen LogP contribution < -0.4 is 4.90 Å². The van der Waals surface area contributed by atoms with Crippen molar-refractivity contribution in [3.63, 3.8) is 0 Å². The summed E-state index contributed by atoms with van der Waals surface area (Å²) in [6.07, 6.45) is 7.29. The van der Waals surface area contributed by atoms with Crippen molar-refractivity contribution in [3.8, 4) is 0 Å². The smallest absolute Gasteiger partial charge is 0.153 e. The Morgan fingerprint density at radius 1 is 1.04 bits per heavy atom. The third-order valence-electron chi connectivity index (χ3n) is 6.66. The van der Waals surface area contributed by atoms with Crippen LogP contribution in [-0.4, -0.2) is 22.6 Å². The summed E-state index contributed by atoms with van der Waals surface area (Å²) in [6.45, 7) is 7.90. The van der Waals surface area contributed by atoms with Crippen LogP contribution in [-0.2, 0) is 6.54 Å². The summed E-state index contributed by atoms with van der Waals surface area (Å²) >= 11 is 0. The third kappa shape index (κ3) is 3.41. The molecule has 1 saturated carbocycles. The second-order valence-corrected chi connectivity index (χ2v) is 8.49. The van der Waals surface area contributed by atoms with Gasteiger partial charge >= 0.3 is 0 Å². The first kappa shape index (κ1) is 19.3. The monoisotopic (exact) mass is 395 g/mol. The lowest BCUT2D eigenvalue weighted by atomic mass is 9.90. The Bertz CT molecular complexity index is 959. The number of halogens is 1. The Labute approximate surface area is 174 Å². The summed E-state index contributed by atoms with van der Waals surface area (Å²) in [6, 6.07) is 13.2. The van der Waals surface area contributed by atoms with E-state index in [4.69, 9.17) is 4.98 Å². The molecule has 1 aromatic carbocycles. The summed E-state index contributed by atoms with van der Waals surface area (Å²) in [7, 11) is 0. The molecule has 4 heteroatoms. The van der Waals surface area contributed by atoms with Gasteiger partial charge in [-0.3, -0.25) is 0 Å². The van der Waals surface area contributed by atoms with E-state index in [0.29, 0.717) is 5.92 Å². The van der Waals surface area contributed by atoms with Crippen molar-refractivity contribution in [2.75, 3.05) is 18.0 Å². The van der Waals surface area contributed by atoms with Gasteiger partial charge in [-0.05, 0) is 62.6 Å². The Morgan fingerprint density at radius 3 is 2.57 bits per heavy atom. The van der Waals surface area contributed by atoms with Crippen LogP contribution in [0.2, 0.25) is 0 Å². The molecule has 0 radical (unpaired) electrons. The lowest BCUT2D eigenvalue weighted by molar-refractivity contribution is 0.507. The van der Waals surface area contributed by atoms with Gasteiger partial charge in [-0.1, -0.05) is 30.3 Å². The molecular weight excluding hydrogens is 366 g/mol. The van der Waals surface area contributed by atoms with Crippen molar-refractivity contribution >= 4 is 29.1 Å². The molecule has 1 saturated heterocycles. The summed E-state index contributed by atoms with van der Waals surface area (Å²) in [5.74, 6) is 2.67. The minimum Gasteiger partial charge on any atom is -0.354 e. The van der Waals surface area contributed by atoms with Gasteiger partial charge in [0.1, 0.15) is 0 Å². The number of nitrogens with zero attached hydrogens (tertiary/aromatic N) is 3. The molecule has 148 valence electrons. The molecule has 2 aromatic heterocycles. The molecular formula is C24H30ClN3. The first-order valence-corrected chi connectivity index (χ1v) is 10.5. The van der Waals surface area contributed by atoms with Crippen LogP contribution in [0.1, 0.15) is 48.4 Å². The number of fused-ring (bicyclic) bond motifs is 1. The predicted octanol–water partition coefficient (Wildman–Crippen LogP) is 5.87. The molecule has 2 aliphatic rings. The van der Waals surface area contributed by atoms with E-state index in [1.807, 2.05) is 6.20 Å². The van der Waals surface area contributed by atoms with Crippen LogP contribution in [0.3, 0.4) is 0 Å². The van der Waals surface area contributed by atoms with Gasteiger partial charge in [0, 0.05) is 42.8 Å². The van der Waals surface area contributed by atoms with Gasteiger partial charge in [-0.2, -0.15) is 0 Å². The number of hydrogen-bond acceptors (Lipinski definition) is 2. The van der Waals surface area contributed by atoms with Crippen molar-refractivity contribution in [3.05, 3.63) is 59.4 Å². The third-order valence-corrected chi connectivity index (χ3v) is 6.66. The largest absolute Gasteiger partial charge is 0.354 e. The number of aromatic nitrogens is 2. The maximum atomic E-state index is 4.91. The van der Waals surface area contributed by atoms with E-state index < -0.39 is 0 Å².